The summed E-state index contributed by atoms with van der Waals surface area (Å²) in [6, 6.07) is 8.36. The summed E-state index contributed by atoms with van der Waals surface area (Å²) in [7, 11) is -3.52. The Morgan fingerprint density at radius 1 is 1.43 bits per heavy atom. The number of fused-ring (bicyclic) bond motifs is 1. The van der Waals surface area contributed by atoms with Gasteiger partial charge in [0.1, 0.15) is 0 Å². The summed E-state index contributed by atoms with van der Waals surface area (Å²) in [5, 5.41) is 12.3. The molecule has 0 aliphatic carbocycles. The summed E-state index contributed by atoms with van der Waals surface area (Å²) < 4.78 is 27.5. The van der Waals surface area contributed by atoms with E-state index in [1.165, 1.54) is 6.07 Å². The van der Waals surface area contributed by atoms with E-state index in [0.29, 0.717) is 23.9 Å². The van der Waals surface area contributed by atoms with Crippen LogP contribution in [-0.4, -0.2) is 38.4 Å². The molecular formula is C15H19N3O2S. The van der Waals surface area contributed by atoms with Crippen LogP contribution in [0.1, 0.15) is 18.9 Å². The van der Waals surface area contributed by atoms with Crippen molar-refractivity contribution in [1.29, 1.82) is 5.26 Å². The molecular weight excluding hydrogens is 286 g/mol. The second-order valence-electron chi connectivity index (χ2n) is 5.77. The number of hydrogen-bond acceptors (Lipinski definition) is 4. The van der Waals surface area contributed by atoms with Crippen molar-refractivity contribution in [2.24, 2.45) is 11.8 Å². The fraction of sp³-hybridized carbons (Fsp3) is 0.533. The summed E-state index contributed by atoms with van der Waals surface area (Å²) in [6.45, 7) is 4.41. The number of hydrogen-bond donors (Lipinski definition) is 1. The highest BCUT2D eigenvalue weighted by Crippen LogP contribution is 2.37. The van der Waals surface area contributed by atoms with E-state index in [1.807, 2.05) is 13.0 Å². The Hall–Kier alpha value is -1.42. The quantitative estimate of drug-likeness (QED) is 0.910. The van der Waals surface area contributed by atoms with Crippen LogP contribution in [0.4, 0.5) is 0 Å². The lowest BCUT2D eigenvalue weighted by Crippen LogP contribution is -2.39. The Labute approximate surface area is 125 Å². The van der Waals surface area contributed by atoms with E-state index in [4.69, 9.17) is 5.26 Å². The molecule has 0 saturated carbocycles. The topological polar surface area (TPSA) is 73.2 Å². The van der Waals surface area contributed by atoms with Crippen molar-refractivity contribution >= 4 is 10.0 Å². The summed E-state index contributed by atoms with van der Waals surface area (Å²) in [5.74, 6) is 0.813. The van der Waals surface area contributed by atoms with E-state index in [0.717, 1.165) is 19.5 Å². The lowest BCUT2D eigenvalue weighted by molar-refractivity contribution is 0.329. The maximum atomic E-state index is 12.9. The minimum Gasteiger partial charge on any atom is -0.316 e. The molecule has 0 aromatic heterocycles. The molecule has 1 aromatic carbocycles. The van der Waals surface area contributed by atoms with E-state index >= 15 is 0 Å². The summed E-state index contributed by atoms with van der Waals surface area (Å²) in [4.78, 5) is 0.230. The normalized spacial score (nSPS) is 29.2. The van der Waals surface area contributed by atoms with Crippen molar-refractivity contribution in [1.82, 2.24) is 9.62 Å². The van der Waals surface area contributed by atoms with Gasteiger partial charge < -0.3 is 5.32 Å². The fourth-order valence-corrected chi connectivity index (χ4v) is 5.47. The Bertz CT molecular complexity index is 680. The first-order chi connectivity index (χ1) is 10.1. The minimum atomic E-state index is -3.52. The minimum absolute atomic E-state index is 0.0562. The van der Waals surface area contributed by atoms with Crippen LogP contribution in [0.2, 0.25) is 0 Å². The third-order valence-electron chi connectivity index (χ3n) is 4.66. The molecule has 0 bridgehead atoms. The van der Waals surface area contributed by atoms with Crippen LogP contribution in [0.3, 0.4) is 0 Å². The molecule has 1 N–H and O–H groups in total. The van der Waals surface area contributed by atoms with Gasteiger partial charge in [-0.05, 0) is 49.5 Å². The predicted molar refractivity (Wildman–Crippen MR) is 79.0 cm³/mol. The average Bonchev–Trinajstić information content (AvgIpc) is 3.07. The molecule has 0 radical (unpaired) electrons. The SMILES string of the molecule is CCC1C2CNCC2CN1S(=O)(=O)c1cccc(C#N)c1. The van der Waals surface area contributed by atoms with E-state index in [1.54, 1.807) is 22.5 Å². The third kappa shape index (κ3) is 2.35. The molecule has 2 aliphatic rings. The van der Waals surface area contributed by atoms with Gasteiger partial charge in [-0.15, -0.1) is 0 Å². The summed E-state index contributed by atoms with van der Waals surface area (Å²) >= 11 is 0. The monoisotopic (exact) mass is 305 g/mol. The van der Waals surface area contributed by atoms with Gasteiger partial charge in [0.25, 0.3) is 0 Å². The first-order valence-electron chi connectivity index (χ1n) is 7.30. The number of sulfonamides is 1. The molecule has 5 nitrogen and oxygen atoms in total. The van der Waals surface area contributed by atoms with Gasteiger partial charge in [-0.25, -0.2) is 8.42 Å². The van der Waals surface area contributed by atoms with Gasteiger partial charge >= 0.3 is 0 Å². The zero-order chi connectivity index (χ0) is 15.0. The molecule has 2 saturated heterocycles. The van der Waals surface area contributed by atoms with Gasteiger partial charge in [-0.3, -0.25) is 0 Å². The smallest absolute Gasteiger partial charge is 0.243 e. The number of nitriles is 1. The lowest BCUT2D eigenvalue weighted by atomic mass is 9.93. The van der Waals surface area contributed by atoms with Crippen molar-refractivity contribution in [2.45, 2.75) is 24.3 Å². The standard InChI is InChI=1S/C15H19N3O2S/c1-2-15-14-9-17-8-12(14)10-18(15)21(19,20)13-5-3-4-11(6-13)7-16/h3-6,12,14-15,17H,2,8-10H2,1H3. The first-order valence-corrected chi connectivity index (χ1v) is 8.74. The molecule has 0 amide bonds. The van der Waals surface area contributed by atoms with Crippen LogP contribution < -0.4 is 5.32 Å². The highest BCUT2D eigenvalue weighted by molar-refractivity contribution is 7.89. The van der Waals surface area contributed by atoms with E-state index < -0.39 is 10.0 Å². The molecule has 1 aromatic rings. The first kappa shape index (κ1) is 14.5. The van der Waals surface area contributed by atoms with Crippen LogP contribution >= 0.6 is 0 Å². The fourth-order valence-electron chi connectivity index (χ4n) is 3.63. The zero-order valence-corrected chi connectivity index (χ0v) is 12.8. The second-order valence-corrected chi connectivity index (χ2v) is 7.66. The molecule has 3 unspecified atom stereocenters. The van der Waals surface area contributed by atoms with Gasteiger partial charge in [-0.2, -0.15) is 9.57 Å². The molecule has 0 spiro atoms. The maximum Gasteiger partial charge on any atom is 0.243 e. The van der Waals surface area contributed by atoms with Crippen LogP contribution in [-0.2, 0) is 10.0 Å². The Morgan fingerprint density at radius 2 is 2.24 bits per heavy atom. The number of nitrogens with one attached hydrogen (secondary N) is 1. The second kappa shape index (κ2) is 5.41. The van der Waals surface area contributed by atoms with Gasteiger partial charge in [0, 0.05) is 12.6 Å². The van der Waals surface area contributed by atoms with Crippen LogP contribution in [0.15, 0.2) is 29.2 Å². The Balaban J connectivity index is 1.96. The van der Waals surface area contributed by atoms with Gasteiger partial charge in [0.2, 0.25) is 10.0 Å². The summed E-state index contributed by atoms with van der Waals surface area (Å²) in [6.07, 6.45) is 0.819. The van der Waals surface area contributed by atoms with Crippen molar-refractivity contribution in [3.8, 4) is 6.07 Å². The molecule has 3 atom stereocenters. The van der Waals surface area contributed by atoms with Crippen LogP contribution in [0.25, 0.3) is 0 Å². The van der Waals surface area contributed by atoms with Crippen molar-refractivity contribution in [2.75, 3.05) is 19.6 Å². The van der Waals surface area contributed by atoms with Crippen molar-refractivity contribution in [3.05, 3.63) is 29.8 Å². The van der Waals surface area contributed by atoms with Gasteiger partial charge in [-0.1, -0.05) is 13.0 Å². The average molecular weight is 305 g/mol. The van der Waals surface area contributed by atoms with Gasteiger partial charge in [0.15, 0.2) is 0 Å². The third-order valence-corrected chi connectivity index (χ3v) is 6.55. The predicted octanol–water partition coefficient (Wildman–Crippen LogP) is 1.18. The van der Waals surface area contributed by atoms with Crippen molar-refractivity contribution < 1.29 is 8.42 Å². The highest BCUT2D eigenvalue weighted by Gasteiger charge is 2.48. The number of benzene rings is 1. The lowest BCUT2D eigenvalue weighted by Gasteiger charge is -2.26. The molecule has 6 heteroatoms. The number of nitrogens with zero attached hydrogens (tertiary/aromatic N) is 2. The summed E-state index contributed by atoms with van der Waals surface area (Å²) in [5.41, 5.74) is 0.380. The molecule has 21 heavy (non-hydrogen) atoms. The molecule has 2 heterocycles. The van der Waals surface area contributed by atoms with Crippen molar-refractivity contribution in [3.63, 3.8) is 0 Å². The van der Waals surface area contributed by atoms with E-state index in [-0.39, 0.29) is 10.9 Å². The van der Waals surface area contributed by atoms with Crippen LogP contribution in [0, 0.1) is 23.2 Å². The molecule has 112 valence electrons. The maximum absolute atomic E-state index is 12.9. The largest absolute Gasteiger partial charge is 0.316 e. The highest BCUT2D eigenvalue weighted by atomic mass is 32.2. The molecule has 2 fully saturated rings. The van der Waals surface area contributed by atoms with E-state index in [9.17, 15) is 8.42 Å². The number of rotatable bonds is 3. The molecule has 3 rings (SSSR count). The van der Waals surface area contributed by atoms with Crippen LogP contribution in [0.5, 0.6) is 0 Å². The molecule has 2 aliphatic heterocycles. The van der Waals surface area contributed by atoms with E-state index in [2.05, 4.69) is 5.32 Å². The zero-order valence-electron chi connectivity index (χ0n) is 12.0. The Kier molecular flexibility index (Phi) is 3.74. The Morgan fingerprint density at radius 3 is 2.95 bits per heavy atom. The van der Waals surface area contributed by atoms with Gasteiger partial charge in [0.05, 0.1) is 16.5 Å².